The first-order chi connectivity index (χ1) is 7.70. The molecule has 1 aliphatic rings. The Kier molecular flexibility index (Phi) is 3.30. The van der Waals surface area contributed by atoms with Gasteiger partial charge in [-0.1, -0.05) is 12.1 Å². The average Bonchev–Trinajstić information content (AvgIpc) is 2.29. The number of aryl methyl sites for hydroxylation is 1. The molecule has 0 heterocycles. The lowest BCUT2D eigenvalue weighted by molar-refractivity contribution is 0.432. The zero-order valence-electron chi connectivity index (χ0n) is 9.74. The highest BCUT2D eigenvalue weighted by molar-refractivity contribution is 5.38. The standard InChI is InChI=1S/C14H19NO/c1-3-10(2)15-14-6-4-5-11-7-8-12(16)9-13(11)14/h3,7-10,14-16H,1,4-6H2,2H3. The van der Waals surface area contributed by atoms with Crippen LogP contribution in [0.1, 0.15) is 36.9 Å². The van der Waals surface area contributed by atoms with Crippen molar-refractivity contribution in [1.29, 1.82) is 0 Å². The molecular formula is C14H19NO. The van der Waals surface area contributed by atoms with Gasteiger partial charge in [-0.3, -0.25) is 0 Å². The molecule has 1 aromatic rings. The van der Waals surface area contributed by atoms with Crippen molar-refractivity contribution in [2.45, 2.75) is 38.3 Å². The maximum atomic E-state index is 9.55. The fourth-order valence-electron chi connectivity index (χ4n) is 2.35. The van der Waals surface area contributed by atoms with Gasteiger partial charge >= 0.3 is 0 Å². The summed E-state index contributed by atoms with van der Waals surface area (Å²) in [5.41, 5.74) is 2.61. The number of phenols is 1. The van der Waals surface area contributed by atoms with E-state index in [1.54, 1.807) is 6.07 Å². The largest absolute Gasteiger partial charge is 0.508 e. The van der Waals surface area contributed by atoms with Crippen LogP contribution in [0.25, 0.3) is 0 Å². The van der Waals surface area contributed by atoms with E-state index in [4.69, 9.17) is 0 Å². The van der Waals surface area contributed by atoms with Gasteiger partial charge in [-0.2, -0.15) is 0 Å². The zero-order valence-corrected chi connectivity index (χ0v) is 9.74. The van der Waals surface area contributed by atoms with Crippen LogP contribution in [0, 0.1) is 0 Å². The second kappa shape index (κ2) is 4.71. The van der Waals surface area contributed by atoms with Crippen molar-refractivity contribution in [3.05, 3.63) is 42.0 Å². The summed E-state index contributed by atoms with van der Waals surface area (Å²) < 4.78 is 0. The fraction of sp³-hybridized carbons (Fsp3) is 0.429. The van der Waals surface area contributed by atoms with Gasteiger partial charge in [-0.15, -0.1) is 6.58 Å². The molecule has 0 spiro atoms. The number of hydrogen-bond acceptors (Lipinski definition) is 2. The van der Waals surface area contributed by atoms with Crippen molar-refractivity contribution in [2.75, 3.05) is 0 Å². The number of fused-ring (bicyclic) bond motifs is 1. The smallest absolute Gasteiger partial charge is 0.115 e. The van der Waals surface area contributed by atoms with E-state index < -0.39 is 0 Å². The van der Waals surface area contributed by atoms with Gasteiger partial charge in [0.2, 0.25) is 0 Å². The van der Waals surface area contributed by atoms with E-state index >= 15 is 0 Å². The third-order valence-corrected chi connectivity index (χ3v) is 3.26. The van der Waals surface area contributed by atoms with Crippen LogP contribution < -0.4 is 5.32 Å². The molecule has 86 valence electrons. The molecule has 16 heavy (non-hydrogen) atoms. The Labute approximate surface area is 97.0 Å². The molecule has 0 bridgehead atoms. The lowest BCUT2D eigenvalue weighted by Gasteiger charge is -2.28. The summed E-state index contributed by atoms with van der Waals surface area (Å²) in [4.78, 5) is 0. The van der Waals surface area contributed by atoms with Gasteiger partial charge in [-0.25, -0.2) is 0 Å². The molecule has 2 atom stereocenters. The molecule has 0 saturated carbocycles. The first-order valence-electron chi connectivity index (χ1n) is 5.91. The van der Waals surface area contributed by atoms with Crippen LogP contribution in [0.2, 0.25) is 0 Å². The van der Waals surface area contributed by atoms with Crippen LogP contribution in [0.3, 0.4) is 0 Å². The Balaban J connectivity index is 2.24. The highest BCUT2D eigenvalue weighted by Gasteiger charge is 2.20. The summed E-state index contributed by atoms with van der Waals surface area (Å²) in [5, 5.41) is 13.1. The number of benzene rings is 1. The van der Waals surface area contributed by atoms with Crippen LogP contribution >= 0.6 is 0 Å². The summed E-state index contributed by atoms with van der Waals surface area (Å²) in [5.74, 6) is 0.360. The van der Waals surface area contributed by atoms with Crippen molar-refractivity contribution >= 4 is 0 Å². The molecule has 1 aromatic carbocycles. The Morgan fingerprint density at radius 2 is 2.38 bits per heavy atom. The molecule has 0 aliphatic heterocycles. The van der Waals surface area contributed by atoms with Crippen molar-refractivity contribution in [2.24, 2.45) is 0 Å². The molecule has 0 radical (unpaired) electrons. The first kappa shape index (κ1) is 11.2. The van der Waals surface area contributed by atoms with Crippen LogP contribution in [0.5, 0.6) is 5.75 Å². The third kappa shape index (κ3) is 2.27. The SMILES string of the molecule is C=CC(C)NC1CCCc2ccc(O)cc21. The molecule has 2 heteroatoms. The highest BCUT2D eigenvalue weighted by atomic mass is 16.3. The maximum absolute atomic E-state index is 9.55. The lowest BCUT2D eigenvalue weighted by Crippen LogP contribution is -2.31. The van der Waals surface area contributed by atoms with E-state index in [1.165, 1.54) is 17.5 Å². The quantitative estimate of drug-likeness (QED) is 0.763. The van der Waals surface area contributed by atoms with Gasteiger partial charge in [-0.05, 0) is 49.4 Å². The minimum absolute atomic E-state index is 0.304. The van der Waals surface area contributed by atoms with Crippen LogP contribution in [0.15, 0.2) is 30.9 Å². The minimum atomic E-state index is 0.304. The maximum Gasteiger partial charge on any atom is 0.115 e. The van der Waals surface area contributed by atoms with Crippen molar-refractivity contribution in [1.82, 2.24) is 5.32 Å². The lowest BCUT2D eigenvalue weighted by atomic mass is 9.87. The second-order valence-electron chi connectivity index (χ2n) is 4.52. The van der Waals surface area contributed by atoms with E-state index in [-0.39, 0.29) is 0 Å². The van der Waals surface area contributed by atoms with Crippen molar-refractivity contribution < 1.29 is 5.11 Å². The fourth-order valence-corrected chi connectivity index (χ4v) is 2.35. The predicted octanol–water partition coefficient (Wildman–Crippen LogP) is 2.93. The summed E-state index contributed by atoms with van der Waals surface area (Å²) >= 11 is 0. The van der Waals surface area contributed by atoms with E-state index in [0.717, 1.165) is 12.8 Å². The molecule has 0 fully saturated rings. The first-order valence-corrected chi connectivity index (χ1v) is 5.91. The second-order valence-corrected chi connectivity index (χ2v) is 4.52. The molecule has 2 unspecified atom stereocenters. The van der Waals surface area contributed by atoms with Crippen LogP contribution in [0.4, 0.5) is 0 Å². The number of nitrogens with one attached hydrogen (secondary N) is 1. The number of rotatable bonds is 3. The van der Waals surface area contributed by atoms with Gasteiger partial charge in [0.1, 0.15) is 5.75 Å². The average molecular weight is 217 g/mol. The Hall–Kier alpha value is -1.28. The van der Waals surface area contributed by atoms with Gasteiger partial charge < -0.3 is 10.4 Å². The number of hydrogen-bond donors (Lipinski definition) is 2. The van der Waals surface area contributed by atoms with E-state index in [2.05, 4.69) is 18.8 Å². The van der Waals surface area contributed by atoms with Crippen molar-refractivity contribution in [3.8, 4) is 5.75 Å². The molecular weight excluding hydrogens is 198 g/mol. The summed E-state index contributed by atoms with van der Waals surface area (Å²) in [7, 11) is 0. The Bertz CT molecular complexity index is 386. The van der Waals surface area contributed by atoms with Gasteiger partial charge in [0, 0.05) is 12.1 Å². The number of aromatic hydroxyl groups is 1. The topological polar surface area (TPSA) is 32.3 Å². The Morgan fingerprint density at radius 3 is 3.12 bits per heavy atom. The van der Waals surface area contributed by atoms with E-state index in [9.17, 15) is 5.11 Å². The Morgan fingerprint density at radius 1 is 1.56 bits per heavy atom. The normalized spacial score (nSPS) is 21.2. The van der Waals surface area contributed by atoms with Gasteiger partial charge in [0.15, 0.2) is 0 Å². The molecule has 0 amide bonds. The van der Waals surface area contributed by atoms with Gasteiger partial charge in [0.25, 0.3) is 0 Å². The summed E-state index contributed by atoms with van der Waals surface area (Å²) in [6, 6.07) is 6.36. The molecule has 2 N–H and O–H groups in total. The summed E-state index contributed by atoms with van der Waals surface area (Å²) in [6.45, 7) is 5.89. The van der Waals surface area contributed by atoms with Crippen LogP contribution in [-0.4, -0.2) is 11.1 Å². The van der Waals surface area contributed by atoms with E-state index in [0.29, 0.717) is 17.8 Å². The van der Waals surface area contributed by atoms with Gasteiger partial charge in [0.05, 0.1) is 0 Å². The molecule has 2 rings (SSSR count). The zero-order chi connectivity index (χ0) is 11.5. The monoisotopic (exact) mass is 217 g/mol. The third-order valence-electron chi connectivity index (χ3n) is 3.26. The number of phenolic OH excluding ortho intramolecular Hbond substituents is 1. The minimum Gasteiger partial charge on any atom is -0.508 e. The molecule has 0 aromatic heterocycles. The van der Waals surface area contributed by atoms with E-state index in [1.807, 2.05) is 18.2 Å². The molecule has 2 nitrogen and oxygen atoms in total. The predicted molar refractivity (Wildman–Crippen MR) is 66.6 cm³/mol. The van der Waals surface area contributed by atoms with Crippen LogP contribution in [-0.2, 0) is 6.42 Å². The summed E-state index contributed by atoms with van der Waals surface area (Å²) in [6.07, 6.45) is 5.38. The molecule has 1 aliphatic carbocycles. The van der Waals surface area contributed by atoms with Crippen molar-refractivity contribution in [3.63, 3.8) is 0 Å². The highest BCUT2D eigenvalue weighted by Crippen LogP contribution is 2.32. The molecule has 0 saturated heterocycles.